The highest BCUT2D eigenvalue weighted by Gasteiger charge is 2.39. The number of piperidine rings is 1. The molecule has 4 heterocycles. The van der Waals surface area contributed by atoms with Gasteiger partial charge in [-0.3, -0.25) is 19.7 Å². The number of rotatable bonds is 5. The van der Waals surface area contributed by atoms with Crippen molar-refractivity contribution in [2.45, 2.75) is 50.9 Å². The third-order valence-electron chi connectivity index (χ3n) is 6.23. The number of nitrogens with zero attached hydrogens (tertiary/aromatic N) is 4. The predicted octanol–water partition coefficient (Wildman–Crippen LogP) is 0.613. The first-order valence-electron chi connectivity index (χ1n) is 10.6. The van der Waals surface area contributed by atoms with Gasteiger partial charge in [0.1, 0.15) is 6.04 Å². The predicted molar refractivity (Wildman–Crippen MR) is 111 cm³/mol. The van der Waals surface area contributed by atoms with Crippen LogP contribution in [0.15, 0.2) is 18.2 Å². The van der Waals surface area contributed by atoms with E-state index >= 15 is 0 Å². The van der Waals surface area contributed by atoms with Gasteiger partial charge in [-0.25, -0.2) is 4.68 Å². The Morgan fingerprint density at radius 3 is 2.87 bits per heavy atom. The lowest BCUT2D eigenvalue weighted by Gasteiger charge is -2.29. The van der Waals surface area contributed by atoms with Gasteiger partial charge in [-0.2, -0.15) is 10.1 Å². The van der Waals surface area contributed by atoms with Gasteiger partial charge in [0.15, 0.2) is 5.82 Å². The molecule has 2 aromatic rings. The van der Waals surface area contributed by atoms with Crippen LogP contribution in [0.1, 0.15) is 59.0 Å². The molecule has 1 aromatic carbocycles. The zero-order valence-electron chi connectivity index (χ0n) is 17.4. The monoisotopic (exact) mass is 423 g/mol. The summed E-state index contributed by atoms with van der Waals surface area (Å²) in [6.07, 6.45) is 2.75. The molecule has 162 valence electrons. The molecule has 2 atom stereocenters. The average molecular weight is 423 g/mol. The summed E-state index contributed by atoms with van der Waals surface area (Å²) in [7, 11) is 1.85. The minimum Gasteiger partial charge on any atom is -0.350 e. The molecule has 0 saturated carbocycles. The lowest BCUT2D eigenvalue weighted by molar-refractivity contribution is -0.136. The molecule has 1 aromatic heterocycles. The van der Waals surface area contributed by atoms with Crippen molar-refractivity contribution >= 4 is 23.7 Å². The van der Waals surface area contributed by atoms with Crippen molar-refractivity contribution in [1.29, 1.82) is 0 Å². The summed E-state index contributed by atoms with van der Waals surface area (Å²) in [6.45, 7) is 1.77. The average Bonchev–Trinajstić information content (AvgIpc) is 3.47. The van der Waals surface area contributed by atoms with Crippen LogP contribution in [-0.2, 0) is 29.7 Å². The number of imide groups is 1. The highest BCUT2D eigenvalue weighted by molar-refractivity contribution is 6.06. The fraction of sp³-hybridized carbons (Fsp3) is 0.476. The van der Waals surface area contributed by atoms with E-state index < -0.39 is 11.9 Å². The molecule has 0 spiro atoms. The first-order valence-corrected chi connectivity index (χ1v) is 10.6. The van der Waals surface area contributed by atoms with Crippen LogP contribution in [0.4, 0.5) is 5.95 Å². The number of aromatic nitrogens is 3. The van der Waals surface area contributed by atoms with E-state index in [0.29, 0.717) is 31.0 Å². The van der Waals surface area contributed by atoms with Crippen molar-refractivity contribution in [3.8, 4) is 0 Å². The van der Waals surface area contributed by atoms with Crippen molar-refractivity contribution in [2.24, 2.45) is 7.05 Å². The lowest BCUT2D eigenvalue weighted by Crippen LogP contribution is -2.52. The normalized spacial score (nSPS) is 23.3. The number of anilines is 1. The van der Waals surface area contributed by atoms with E-state index in [2.05, 4.69) is 26.0 Å². The molecule has 2 saturated heterocycles. The number of amides is 3. The van der Waals surface area contributed by atoms with E-state index in [4.69, 9.17) is 0 Å². The molecule has 1 unspecified atom stereocenters. The summed E-state index contributed by atoms with van der Waals surface area (Å²) in [5.74, 6) is 0.570. The molecule has 3 amide bonds. The Hall–Kier alpha value is -3.27. The zero-order chi connectivity index (χ0) is 21.5. The fourth-order valence-electron chi connectivity index (χ4n) is 4.62. The van der Waals surface area contributed by atoms with E-state index in [9.17, 15) is 14.4 Å². The number of hydrogen-bond donors (Lipinski definition) is 3. The summed E-state index contributed by atoms with van der Waals surface area (Å²) in [6, 6.07) is 5.31. The first-order chi connectivity index (χ1) is 15.0. The van der Waals surface area contributed by atoms with Crippen molar-refractivity contribution in [3.05, 3.63) is 40.7 Å². The standard InChI is InChI=1S/C21H25N7O3/c1-27-21(25-18(26-27)14-6-3-9-22-14)23-10-12-4-2-5-13-11-28(20(31)17(12)13)15-7-8-16(29)24-19(15)30/h2,4-5,14-15,22H,3,6-11H2,1H3,(H,23,25,26)(H,24,29,30)/t14-,15?/m0/s1. The van der Waals surface area contributed by atoms with Crippen LogP contribution < -0.4 is 16.0 Å². The quantitative estimate of drug-likeness (QED) is 0.603. The number of hydrogen-bond acceptors (Lipinski definition) is 7. The Morgan fingerprint density at radius 1 is 1.23 bits per heavy atom. The molecular formula is C21H25N7O3. The molecule has 2 fully saturated rings. The second kappa shape index (κ2) is 7.77. The van der Waals surface area contributed by atoms with Crippen LogP contribution in [-0.4, -0.2) is 50.0 Å². The molecule has 0 bridgehead atoms. The Balaban J connectivity index is 1.32. The van der Waals surface area contributed by atoms with Crippen LogP contribution in [0.25, 0.3) is 0 Å². The molecular weight excluding hydrogens is 398 g/mol. The van der Waals surface area contributed by atoms with Crippen molar-refractivity contribution < 1.29 is 14.4 Å². The number of carbonyl (C=O) groups is 3. The summed E-state index contributed by atoms with van der Waals surface area (Å²) < 4.78 is 1.72. The number of fused-ring (bicyclic) bond motifs is 1. The Kier molecular flexibility index (Phi) is 4.93. The van der Waals surface area contributed by atoms with Crippen LogP contribution in [0.5, 0.6) is 0 Å². The van der Waals surface area contributed by atoms with Gasteiger partial charge in [0.25, 0.3) is 5.91 Å². The SMILES string of the molecule is Cn1nc([C@@H]2CCCN2)nc1NCc1cccc2c1C(=O)N(C1CCC(=O)NC1=O)C2. The van der Waals surface area contributed by atoms with Crippen molar-refractivity contribution in [2.75, 3.05) is 11.9 Å². The highest BCUT2D eigenvalue weighted by Crippen LogP contribution is 2.30. The van der Waals surface area contributed by atoms with E-state index in [1.165, 1.54) is 0 Å². The summed E-state index contributed by atoms with van der Waals surface area (Å²) in [5.41, 5.74) is 2.36. The number of nitrogens with one attached hydrogen (secondary N) is 3. The third kappa shape index (κ3) is 3.56. The van der Waals surface area contributed by atoms with Crippen LogP contribution in [0.2, 0.25) is 0 Å². The molecule has 31 heavy (non-hydrogen) atoms. The van der Waals surface area contributed by atoms with Crippen LogP contribution in [0, 0.1) is 0 Å². The fourth-order valence-corrected chi connectivity index (χ4v) is 4.62. The summed E-state index contributed by atoms with van der Waals surface area (Å²) in [5, 5.41) is 13.6. The summed E-state index contributed by atoms with van der Waals surface area (Å²) in [4.78, 5) is 43.1. The molecule has 10 nitrogen and oxygen atoms in total. The minimum atomic E-state index is -0.612. The minimum absolute atomic E-state index is 0.171. The first kappa shape index (κ1) is 19.7. The van der Waals surface area contributed by atoms with Gasteiger partial charge in [0.05, 0.1) is 6.04 Å². The number of carbonyl (C=O) groups excluding carboxylic acids is 3. The Bertz CT molecular complexity index is 1060. The van der Waals surface area contributed by atoms with E-state index in [1.54, 1.807) is 9.58 Å². The smallest absolute Gasteiger partial charge is 0.255 e. The van der Waals surface area contributed by atoms with Crippen molar-refractivity contribution in [3.63, 3.8) is 0 Å². The van der Waals surface area contributed by atoms with E-state index in [0.717, 1.165) is 36.3 Å². The number of benzene rings is 1. The molecule has 3 aliphatic heterocycles. The topological polar surface area (TPSA) is 121 Å². The largest absolute Gasteiger partial charge is 0.350 e. The molecule has 10 heteroatoms. The lowest BCUT2D eigenvalue weighted by atomic mass is 10.0. The van der Waals surface area contributed by atoms with Crippen LogP contribution in [0.3, 0.4) is 0 Å². The van der Waals surface area contributed by atoms with Gasteiger partial charge in [0, 0.05) is 32.1 Å². The van der Waals surface area contributed by atoms with Gasteiger partial charge in [-0.15, -0.1) is 0 Å². The summed E-state index contributed by atoms with van der Waals surface area (Å²) >= 11 is 0. The second-order valence-electron chi connectivity index (χ2n) is 8.27. The molecule has 3 N–H and O–H groups in total. The van der Waals surface area contributed by atoms with Gasteiger partial charge in [0.2, 0.25) is 17.8 Å². The second-order valence-corrected chi connectivity index (χ2v) is 8.27. The van der Waals surface area contributed by atoms with Gasteiger partial charge >= 0.3 is 0 Å². The molecule has 3 aliphatic rings. The van der Waals surface area contributed by atoms with Crippen molar-refractivity contribution in [1.82, 2.24) is 30.3 Å². The third-order valence-corrected chi connectivity index (χ3v) is 6.23. The van der Waals surface area contributed by atoms with E-state index in [1.807, 2.05) is 25.2 Å². The molecule has 5 rings (SSSR count). The number of aryl methyl sites for hydroxylation is 1. The zero-order valence-corrected chi connectivity index (χ0v) is 17.4. The highest BCUT2D eigenvalue weighted by atomic mass is 16.2. The molecule has 0 radical (unpaired) electrons. The van der Waals surface area contributed by atoms with Gasteiger partial charge < -0.3 is 15.5 Å². The Labute approximate surface area is 179 Å². The maximum Gasteiger partial charge on any atom is 0.255 e. The van der Waals surface area contributed by atoms with E-state index in [-0.39, 0.29) is 24.3 Å². The van der Waals surface area contributed by atoms with Gasteiger partial charge in [-0.1, -0.05) is 18.2 Å². The van der Waals surface area contributed by atoms with Crippen LogP contribution >= 0.6 is 0 Å². The van der Waals surface area contributed by atoms with Gasteiger partial charge in [-0.05, 0) is 36.9 Å². The maximum absolute atomic E-state index is 13.2. The Morgan fingerprint density at radius 2 is 2.10 bits per heavy atom. The maximum atomic E-state index is 13.2. The molecule has 0 aliphatic carbocycles.